The fourth-order valence-electron chi connectivity index (χ4n) is 2.94. The molecule has 162 valence electrons. The Morgan fingerprint density at radius 1 is 0.969 bits per heavy atom. The monoisotopic (exact) mass is 532 g/mol. The van der Waals surface area contributed by atoms with Gasteiger partial charge in [0.25, 0.3) is 11.8 Å². The Bertz CT molecular complexity index is 1250. The topological polar surface area (TPSA) is 76.7 Å². The SMILES string of the molecule is O=C(Nc1ccc(Cl)cc1Cl)/C(=C/c1ccc2c(c1)OCO2)NC(=O)c1ccccc1Br. The van der Waals surface area contributed by atoms with Crippen LogP contribution in [0.3, 0.4) is 0 Å². The summed E-state index contributed by atoms with van der Waals surface area (Å²) in [4.78, 5) is 26.0. The van der Waals surface area contributed by atoms with Crippen molar-refractivity contribution >= 4 is 62.7 Å². The maximum absolute atomic E-state index is 13.1. The van der Waals surface area contributed by atoms with E-state index >= 15 is 0 Å². The average Bonchev–Trinajstić information content (AvgIpc) is 3.23. The van der Waals surface area contributed by atoms with Gasteiger partial charge in [-0.15, -0.1) is 0 Å². The quantitative estimate of drug-likeness (QED) is 0.401. The third-order valence-corrected chi connectivity index (χ3v) is 5.74. The summed E-state index contributed by atoms with van der Waals surface area (Å²) in [7, 11) is 0. The molecular weight excluding hydrogens is 519 g/mol. The highest BCUT2D eigenvalue weighted by Crippen LogP contribution is 2.33. The van der Waals surface area contributed by atoms with E-state index in [0.717, 1.165) is 0 Å². The Balaban J connectivity index is 1.66. The molecule has 9 heteroatoms. The van der Waals surface area contributed by atoms with E-state index in [1.165, 1.54) is 12.1 Å². The van der Waals surface area contributed by atoms with E-state index < -0.39 is 11.8 Å². The molecule has 0 saturated heterocycles. The van der Waals surface area contributed by atoms with Crippen molar-refractivity contribution in [3.8, 4) is 11.5 Å². The van der Waals surface area contributed by atoms with Gasteiger partial charge in [0.05, 0.1) is 16.3 Å². The van der Waals surface area contributed by atoms with E-state index in [9.17, 15) is 9.59 Å². The van der Waals surface area contributed by atoms with Crippen LogP contribution >= 0.6 is 39.1 Å². The summed E-state index contributed by atoms with van der Waals surface area (Å²) in [6.07, 6.45) is 1.54. The van der Waals surface area contributed by atoms with Crippen LogP contribution in [0.5, 0.6) is 11.5 Å². The van der Waals surface area contributed by atoms with Crippen LogP contribution in [0.2, 0.25) is 10.0 Å². The minimum Gasteiger partial charge on any atom is -0.454 e. The number of halogens is 3. The summed E-state index contributed by atoms with van der Waals surface area (Å²) in [6, 6.07) is 16.8. The summed E-state index contributed by atoms with van der Waals surface area (Å²) in [5.74, 6) is 0.142. The Kier molecular flexibility index (Phi) is 6.69. The molecule has 0 bridgehead atoms. The van der Waals surface area contributed by atoms with E-state index in [1.807, 2.05) is 0 Å². The lowest BCUT2D eigenvalue weighted by molar-refractivity contribution is -0.113. The highest BCUT2D eigenvalue weighted by molar-refractivity contribution is 9.10. The van der Waals surface area contributed by atoms with Crippen molar-refractivity contribution in [1.82, 2.24) is 5.32 Å². The lowest BCUT2D eigenvalue weighted by atomic mass is 10.1. The standard InChI is InChI=1S/C23H15BrCl2N2O4/c24-16-4-2-1-3-15(16)22(29)28-19(9-13-5-8-20-21(10-13)32-12-31-20)23(30)27-18-7-6-14(25)11-17(18)26/h1-11H,12H2,(H,27,30)(H,28,29)/b19-9-. The minimum atomic E-state index is -0.563. The molecule has 32 heavy (non-hydrogen) atoms. The van der Waals surface area contributed by atoms with E-state index in [2.05, 4.69) is 26.6 Å². The van der Waals surface area contributed by atoms with Crippen molar-refractivity contribution in [2.75, 3.05) is 12.1 Å². The smallest absolute Gasteiger partial charge is 0.272 e. The molecule has 1 aliphatic rings. The van der Waals surface area contributed by atoms with E-state index in [0.29, 0.717) is 37.8 Å². The van der Waals surface area contributed by atoms with Gasteiger partial charge in [-0.1, -0.05) is 41.4 Å². The molecule has 0 saturated carbocycles. The van der Waals surface area contributed by atoms with E-state index in [-0.39, 0.29) is 17.5 Å². The van der Waals surface area contributed by atoms with Crippen LogP contribution < -0.4 is 20.1 Å². The van der Waals surface area contributed by atoms with Crippen LogP contribution in [0.1, 0.15) is 15.9 Å². The van der Waals surface area contributed by atoms with Crippen LogP contribution in [-0.4, -0.2) is 18.6 Å². The van der Waals surface area contributed by atoms with Crippen LogP contribution in [0, 0.1) is 0 Å². The van der Waals surface area contributed by atoms with Gasteiger partial charge >= 0.3 is 0 Å². The lowest BCUT2D eigenvalue weighted by Crippen LogP contribution is -2.31. The third-order valence-electron chi connectivity index (χ3n) is 4.50. The zero-order valence-corrected chi connectivity index (χ0v) is 19.4. The molecule has 0 aliphatic carbocycles. The molecule has 0 fully saturated rings. The fraction of sp³-hybridized carbons (Fsp3) is 0.0435. The van der Waals surface area contributed by atoms with Crippen molar-refractivity contribution in [1.29, 1.82) is 0 Å². The second-order valence-electron chi connectivity index (χ2n) is 6.68. The van der Waals surface area contributed by atoms with Gasteiger partial charge in [-0.25, -0.2) is 0 Å². The maximum atomic E-state index is 13.1. The van der Waals surface area contributed by atoms with Crippen LogP contribution in [-0.2, 0) is 4.79 Å². The van der Waals surface area contributed by atoms with Crippen LogP contribution in [0.25, 0.3) is 6.08 Å². The van der Waals surface area contributed by atoms with Gasteiger partial charge in [-0.3, -0.25) is 9.59 Å². The zero-order chi connectivity index (χ0) is 22.7. The second kappa shape index (κ2) is 9.65. The first-order valence-corrected chi connectivity index (χ1v) is 10.9. The molecule has 3 aromatic rings. The molecule has 4 rings (SSSR count). The number of benzene rings is 3. The van der Waals surface area contributed by atoms with Crippen molar-refractivity contribution in [3.05, 3.63) is 92.0 Å². The first kappa shape index (κ1) is 22.2. The summed E-state index contributed by atoms with van der Waals surface area (Å²) in [5, 5.41) is 6.09. The number of hydrogen-bond acceptors (Lipinski definition) is 4. The molecule has 0 aromatic heterocycles. The van der Waals surface area contributed by atoms with Crippen molar-refractivity contribution in [2.45, 2.75) is 0 Å². The zero-order valence-electron chi connectivity index (χ0n) is 16.3. The molecule has 0 unspecified atom stereocenters. The Hall–Kier alpha value is -3.00. The van der Waals surface area contributed by atoms with Crippen LogP contribution in [0.15, 0.2) is 70.8 Å². The number of amides is 2. The Labute approximate surface area is 202 Å². The average molecular weight is 534 g/mol. The predicted molar refractivity (Wildman–Crippen MR) is 127 cm³/mol. The molecule has 0 atom stereocenters. The molecule has 3 aromatic carbocycles. The molecule has 0 radical (unpaired) electrons. The highest BCUT2D eigenvalue weighted by atomic mass is 79.9. The Morgan fingerprint density at radius 2 is 1.75 bits per heavy atom. The predicted octanol–water partition coefficient (Wildman–Crippen LogP) is 5.89. The van der Waals surface area contributed by atoms with Gasteiger partial charge < -0.3 is 20.1 Å². The van der Waals surface area contributed by atoms with Crippen molar-refractivity contribution in [3.63, 3.8) is 0 Å². The summed E-state index contributed by atoms with van der Waals surface area (Å²) in [6.45, 7) is 0.129. The third kappa shape index (κ3) is 5.07. The fourth-order valence-corrected chi connectivity index (χ4v) is 3.86. The van der Waals surface area contributed by atoms with Gasteiger partial charge in [0.15, 0.2) is 11.5 Å². The van der Waals surface area contributed by atoms with Gasteiger partial charge in [-0.2, -0.15) is 0 Å². The van der Waals surface area contributed by atoms with E-state index in [1.54, 1.807) is 54.6 Å². The van der Waals surface area contributed by atoms with Gasteiger partial charge in [0, 0.05) is 9.50 Å². The van der Waals surface area contributed by atoms with E-state index in [4.69, 9.17) is 32.7 Å². The molecular formula is C23H15BrCl2N2O4. The Morgan fingerprint density at radius 3 is 2.53 bits per heavy atom. The number of carbonyl (C=O) groups is 2. The number of rotatable bonds is 5. The van der Waals surface area contributed by atoms with Crippen molar-refractivity contribution < 1.29 is 19.1 Å². The summed E-state index contributed by atoms with van der Waals surface area (Å²) >= 11 is 15.5. The second-order valence-corrected chi connectivity index (χ2v) is 8.38. The molecule has 2 amide bonds. The van der Waals surface area contributed by atoms with Gasteiger partial charge in [-0.05, 0) is 70.0 Å². The number of carbonyl (C=O) groups excluding carboxylic acids is 2. The first-order valence-electron chi connectivity index (χ1n) is 9.34. The van der Waals surface area contributed by atoms with Crippen molar-refractivity contribution in [2.24, 2.45) is 0 Å². The summed E-state index contributed by atoms with van der Waals surface area (Å²) < 4.78 is 11.3. The first-order chi connectivity index (χ1) is 15.4. The molecule has 1 aliphatic heterocycles. The normalized spacial score (nSPS) is 12.4. The number of nitrogens with one attached hydrogen (secondary N) is 2. The highest BCUT2D eigenvalue weighted by Gasteiger charge is 2.19. The van der Waals surface area contributed by atoms with Gasteiger partial charge in [0.1, 0.15) is 5.70 Å². The number of hydrogen-bond donors (Lipinski definition) is 2. The van der Waals surface area contributed by atoms with Gasteiger partial charge in [0.2, 0.25) is 6.79 Å². The summed E-state index contributed by atoms with van der Waals surface area (Å²) in [5.41, 5.74) is 1.37. The number of fused-ring (bicyclic) bond motifs is 1. The minimum absolute atomic E-state index is 0.00985. The number of anilines is 1. The lowest BCUT2D eigenvalue weighted by Gasteiger charge is -2.13. The van der Waals surface area contributed by atoms with Crippen LogP contribution in [0.4, 0.5) is 5.69 Å². The maximum Gasteiger partial charge on any atom is 0.272 e. The number of ether oxygens (including phenoxy) is 2. The molecule has 2 N–H and O–H groups in total. The molecule has 0 spiro atoms. The molecule has 6 nitrogen and oxygen atoms in total. The largest absolute Gasteiger partial charge is 0.454 e. The molecule has 1 heterocycles.